The monoisotopic (exact) mass is 285 g/mol. The van der Waals surface area contributed by atoms with Gasteiger partial charge < -0.3 is 0 Å². The molecule has 3 heteroatoms. The zero-order chi connectivity index (χ0) is 14.8. The van der Waals surface area contributed by atoms with Crippen LogP contribution in [0.15, 0.2) is 30.3 Å². The number of unbranched alkanes of at least 4 members (excludes halogenated alkanes) is 7. The van der Waals surface area contributed by atoms with Crippen LogP contribution >= 0.6 is 0 Å². The number of rotatable bonds is 10. The summed E-state index contributed by atoms with van der Waals surface area (Å²) in [5.41, 5.74) is 3.27. The van der Waals surface area contributed by atoms with E-state index < -0.39 is 0 Å². The Kier molecular flexibility index (Phi) is 6.99. The molecule has 0 radical (unpaired) electrons. The third-order valence-corrected chi connectivity index (χ3v) is 3.93. The average molecular weight is 285 g/mol. The van der Waals surface area contributed by atoms with Crippen LogP contribution in [0.5, 0.6) is 0 Å². The van der Waals surface area contributed by atoms with Crippen LogP contribution in [0.2, 0.25) is 0 Å². The van der Waals surface area contributed by atoms with Gasteiger partial charge in [-0.15, -0.1) is 0 Å². The van der Waals surface area contributed by atoms with Crippen molar-refractivity contribution in [1.29, 1.82) is 0 Å². The largest absolute Gasteiger partial charge is 0.197 e. The quantitative estimate of drug-likeness (QED) is 0.613. The van der Waals surface area contributed by atoms with Gasteiger partial charge in [0.1, 0.15) is 5.69 Å². The fraction of sp³-hybridized carbons (Fsp3) is 0.556. The molecule has 0 aliphatic carbocycles. The molecule has 0 fully saturated rings. The molecule has 0 unspecified atom stereocenters. The Bertz CT molecular complexity index is 490. The van der Waals surface area contributed by atoms with E-state index in [1.54, 1.807) is 0 Å². The lowest BCUT2D eigenvalue weighted by molar-refractivity contribution is 0.574. The minimum Gasteiger partial charge on any atom is -0.197 e. The fourth-order valence-electron chi connectivity index (χ4n) is 2.68. The van der Waals surface area contributed by atoms with Crippen molar-refractivity contribution in [3.8, 4) is 11.3 Å². The molecular formula is C18H27N3. The maximum Gasteiger partial charge on any atom is 0.115 e. The van der Waals surface area contributed by atoms with Crippen molar-refractivity contribution < 1.29 is 0 Å². The highest BCUT2D eigenvalue weighted by Crippen LogP contribution is 2.20. The van der Waals surface area contributed by atoms with Crippen LogP contribution in [0, 0.1) is 0 Å². The van der Waals surface area contributed by atoms with E-state index in [0.717, 1.165) is 23.4 Å². The fourth-order valence-corrected chi connectivity index (χ4v) is 2.68. The van der Waals surface area contributed by atoms with Gasteiger partial charge in [0, 0.05) is 5.56 Å². The summed E-state index contributed by atoms with van der Waals surface area (Å²) in [4.78, 5) is 0. The predicted octanol–water partition coefficient (Wildman–Crippen LogP) is 5.15. The van der Waals surface area contributed by atoms with Crippen LogP contribution in [0.1, 0.15) is 64.0 Å². The van der Waals surface area contributed by atoms with E-state index in [-0.39, 0.29) is 0 Å². The van der Waals surface area contributed by atoms with Crippen LogP contribution < -0.4 is 0 Å². The highest BCUT2D eigenvalue weighted by Gasteiger charge is 2.09. The van der Waals surface area contributed by atoms with Crippen LogP contribution in [0.4, 0.5) is 0 Å². The number of benzene rings is 1. The molecule has 0 bridgehead atoms. The van der Waals surface area contributed by atoms with Crippen molar-refractivity contribution in [3.05, 3.63) is 36.0 Å². The first-order chi connectivity index (χ1) is 10.4. The molecule has 0 amide bonds. The summed E-state index contributed by atoms with van der Waals surface area (Å²) in [6, 6.07) is 10.3. The summed E-state index contributed by atoms with van der Waals surface area (Å²) in [6.07, 6.45) is 11.8. The molecule has 1 aromatic carbocycles. The number of nitrogens with one attached hydrogen (secondary N) is 1. The number of hydrogen-bond acceptors (Lipinski definition) is 2. The molecule has 114 valence electrons. The topological polar surface area (TPSA) is 41.6 Å². The van der Waals surface area contributed by atoms with Gasteiger partial charge in [-0.3, -0.25) is 0 Å². The predicted molar refractivity (Wildman–Crippen MR) is 88.1 cm³/mol. The first kappa shape index (κ1) is 15.7. The van der Waals surface area contributed by atoms with E-state index in [1.807, 2.05) is 18.2 Å². The van der Waals surface area contributed by atoms with Crippen LogP contribution in [-0.2, 0) is 6.42 Å². The summed E-state index contributed by atoms with van der Waals surface area (Å²) in [6.45, 7) is 2.27. The van der Waals surface area contributed by atoms with Crippen molar-refractivity contribution in [2.24, 2.45) is 0 Å². The number of hydrogen-bond donors (Lipinski definition) is 1. The smallest absolute Gasteiger partial charge is 0.115 e. The van der Waals surface area contributed by atoms with E-state index in [0.29, 0.717) is 0 Å². The highest BCUT2D eigenvalue weighted by atomic mass is 15.3. The van der Waals surface area contributed by atoms with Gasteiger partial charge in [0.05, 0.1) is 5.69 Å². The van der Waals surface area contributed by atoms with Crippen molar-refractivity contribution in [2.45, 2.75) is 64.7 Å². The molecular weight excluding hydrogens is 258 g/mol. The molecule has 1 heterocycles. The number of H-pyrrole nitrogens is 1. The van der Waals surface area contributed by atoms with Crippen LogP contribution in [0.25, 0.3) is 11.3 Å². The van der Waals surface area contributed by atoms with Crippen LogP contribution in [-0.4, -0.2) is 15.4 Å². The summed E-state index contributed by atoms with van der Waals surface area (Å²) in [7, 11) is 0. The minimum atomic E-state index is 1.01. The van der Waals surface area contributed by atoms with Gasteiger partial charge in [0.15, 0.2) is 0 Å². The highest BCUT2D eigenvalue weighted by molar-refractivity contribution is 5.60. The summed E-state index contributed by atoms with van der Waals surface area (Å²) < 4.78 is 0. The Morgan fingerprint density at radius 1 is 0.810 bits per heavy atom. The van der Waals surface area contributed by atoms with Crippen molar-refractivity contribution in [1.82, 2.24) is 15.4 Å². The van der Waals surface area contributed by atoms with Crippen molar-refractivity contribution in [3.63, 3.8) is 0 Å². The lowest BCUT2D eigenvalue weighted by atomic mass is 10.0. The molecule has 1 N–H and O–H groups in total. The normalized spacial score (nSPS) is 10.9. The molecule has 1 aromatic heterocycles. The lowest BCUT2D eigenvalue weighted by Crippen LogP contribution is -1.90. The zero-order valence-corrected chi connectivity index (χ0v) is 13.1. The van der Waals surface area contributed by atoms with Gasteiger partial charge in [-0.1, -0.05) is 82.2 Å². The molecule has 0 aliphatic rings. The van der Waals surface area contributed by atoms with Crippen molar-refractivity contribution in [2.75, 3.05) is 0 Å². The van der Waals surface area contributed by atoms with E-state index in [9.17, 15) is 0 Å². The van der Waals surface area contributed by atoms with Crippen molar-refractivity contribution >= 4 is 0 Å². The maximum atomic E-state index is 4.31. The number of nitrogens with zero attached hydrogens (tertiary/aromatic N) is 2. The van der Waals surface area contributed by atoms with Gasteiger partial charge in [-0.25, -0.2) is 0 Å². The van der Waals surface area contributed by atoms with Gasteiger partial charge in [0.25, 0.3) is 0 Å². The molecule has 3 nitrogen and oxygen atoms in total. The van der Waals surface area contributed by atoms with E-state index >= 15 is 0 Å². The van der Waals surface area contributed by atoms with Gasteiger partial charge in [-0.2, -0.15) is 15.4 Å². The average Bonchev–Trinajstić information content (AvgIpc) is 2.99. The minimum absolute atomic E-state index is 1.01. The molecule has 0 saturated carbocycles. The second-order valence-electron chi connectivity index (χ2n) is 5.71. The zero-order valence-electron chi connectivity index (χ0n) is 13.1. The van der Waals surface area contributed by atoms with Gasteiger partial charge in [-0.05, 0) is 12.8 Å². The Balaban J connectivity index is 1.69. The van der Waals surface area contributed by atoms with Crippen LogP contribution in [0.3, 0.4) is 0 Å². The van der Waals surface area contributed by atoms with E-state index in [4.69, 9.17) is 0 Å². The summed E-state index contributed by atoms with van der Waals surface area (Å²) in [5, 5.41) is 11.4. The molecule has 0 aliphatic heterocycles. The number of aryl methyl sites for hydroxylation is 1. The van der Waals surface area contributed by atoms with Gasteiger partial charge in [0.2, 0.25) is 0 Å². The Morgan fingerprint density at radius 3 is 2.19 bits per heavy atom. The molecule has 2 aromatic rings. The third-order valence-electron chi connectivity index (χ3n) is 3.93. The van der Waals surface area contributed by atoms with E-state index in [2.05, 4.69) is 34.5 Å². The molecule has 0 spiro atoms. The molecule has 0 saturated heterocycles. The third kappa shape index (κ3) is 5.33. The number of aromatic amines is 1. The first-order valence-electron chi connectivity index (χ1n) is 8.37. The standard InChI is InChI=1S/C18H27N3/c1-2-3-4-5-6-7-8-12-15-17-18(20-21-19-17)16-13-10-9-11-14-16/h9-11,13-14H,2-8,12,15H2,1H3,(H,19,20,21). The SMILES string of the molecule is CCCCCCCCCCc1n[nH]nc1-c1ccccc1. The lowest BCUT2D eigenvalue weighted by Gasteiger charge is -2.02. The Labute approximate surface area is 128 Å². The Hall–Kier alpha value is -1.64. The second-order valence-corrected chi connectivity index (χ2v) is 5.71. The summed E-state index contributed by atoms with van der Waals surface area (Å²) in [5.74, 6) is 0. The molecule has 21 heavy (non-hydrogen) atoms. The second kappa shape index (κ2) is 9.32. The first-order valence-corrected chi connectivity index (χ1v) is 8.37. The number of aromatic nitrogens is 3. The van der Waals surface area contributed by atoms with Gasteiger partial charge >= 0.3 is 0 Å². The summed E-state index contributed by atoms with van der Waals surface area (Å²) >= 11 is 0. The maximum absolute atomic E-state index is 4.31. The van der Waals surface area contributed by atoms with E-state index in [1.165, 1.54) is 51.4 Å². The molecule has 0 atom stereocenters. The molecule has 2 rings (SSSR count). The Morgan fingerprint density at radius 2 is 1.48 bits per heavy atom.